The number of hydrogen-bond donors (Lipinski definition) is 2. The van der Waals surface area contributed by atoms with Gasteiger partial charge in [0, 0.05) is 6.20 Å². The molecule has 1 heterocycles. The largest absolute Gasteiger partial charge is 0.480 e. The Morgan fingerprint density at radius 2 is 1.33 bits per heavy atom. The van der Waals surface area contributed by atoms with Crippen LogP contribution in [0.15, 0.2) is 104 Å². The van der Waals surface area contributed by atoms with Crippen LogP contribution in [0.3, 0.4) is 0 Å². The highest BCUT2D eigenvalue weighted by Crippen LogP contribution is 2.40. The lowest BCUT2D eigenvalue weighted by atomic mass is 9.77. The van der Waals surface area contributed by atoms with E-state index >= 15 is 0 Å². The number of aliphatic carboxylic acids is 1. The molecule has 3 aromatic carbocycles. The Kier molecular flexibility index (Phi) is 8.04. The van der Waals surface area contributed by atoms with Gasteiger partial charge in [-0.25, -0.2) is 4.98 Å². The minimum Gasteiger partial charge on any atom is -0.480 e. The van der Waals surface area contributed by atoms with Gasteiger partial charge in [-0.15, -0.1) is 12.4 Å². The summed E-state index contributed by atoms with van der Waals surface area (Å²) >= 11 is 0. The van der Waals surface area contributed by atoms with E-state index in [9.17, 15) is 4.79 Å². The molecular weight excluding hydrogens is 434 g/mol. The van der Waals surface area contributed by atoms with Crippen molar-refractivity contribution in [3.8, 4) is 0 Å². The SMILES string of the molecule is Cl.NC(CCCc1cn(C(c2ccccc2)(c2ccccc2)c2ccccc2)cn1)C(=O)O. The van der Waals surface area contributed by atoms with E-state index in [0.29, 0.717) is 19.3 Å². The smallest absolute Gasteiger partial charge is 0.320 e. The molecule has 0 radical (unpaired) electrons. The Morgan fingerprint density at radius 3 is 1.76 bits per heavy atom. The number of nitrogens with zero attached hydrogens (tertiary/aromatic N) is 2. The van der Waals surface area contributed by atoms with E-state index in [4.69, 9.17) is 10.8 Å². The summed E-state index contributed by atoms with van der Waals surface area (Å²) in [6.07, 6.45) is 5.70. The molecule has 0 bridgehead atoms. The van der Waals surface area contributed by atoms with Gasteiger partial charge in [0.15, 0.2) is 0 Å². The summed E-state index contributed by atoms with van der Waals surface area (Å²) < 4.78 is 2.17. The van der Waals surface area contributed by atoms with Gasteiger partial charge in [0.05, 0.1) is 12.0 Å². The third kappa shape index (κ3) is 5.00. The molecule has 1 aromatic heterocycles. The summed E-state index contributed by atoms with van der Waals surface area (Å²) in [5.74, 6) is -0.966. The van der Waals surface area contributed by atoms with Gasteiger partial charge in [0.1, 0.15) is 11.6 Å². The second-order valence-corrected chi connectivity index (χ2v) is 7.92. The number of hydrogen-bond acceptors (Lipinski definition) is 3. The summed E-state index contributed by atoms with van der Waals surface area (Å²) in [5, 5.41) is 9.02. The molecule has 0 amide bonds. The van der Waals surface area contributed by atoms with Gasteiger partial charge in [-0.3, -0.25) is 4.79 Å². The number of imidazole rings is 1. The van der Waals surface area contributed by atoms with Gasteiger partial charge in [-0.2, -0.15) is 0 Å². The van der Waals surface area contributed by atoms with E-state index in [1.54, 1.807) is 0 Å². The predicted molar refractivity (Wildman–Crippen MR) is 133 cm³/mol. The first-order valence-electron chi connectivity index (χ1n) is 10.8. The first kappa shape index (κ1) is 24.2. The Balaban J connectivity index is 0.00000306. The van der Waals surface area contributed by atoms with Gasteiger partial charge in [-0.05, 0) is 36.0 Å². The zero-order valence-electron chi connectivity index (χ0n) is 18.2. The van der Waals surface area contributed by atoms with Crippen molar-refractivity contribution in [2.24, 2.45) is 5.73 Å². The predicted octanol–water partition coefficient (Wildman–Crippen LogP) is 4.88. The maximum atomic E-state index is 11.0. The molecule has 0 spiro atoms. The van der Waals surface area contributed by atoms with Crippen LogP contribution in [0, 0.1) is 0 Å². The van der Waals surface area contributed by atoms with Crippen molar-refractivity contribution in [2.75, 3.05) is 0 Å². The van der Waals surface area contributed by atoms with Gasteiger partial charge in [0.2, 0.25) is 0 Å². The maximum Gasteiger partial charge on any atom is 0.320 e. The number of aromatic nitrogens is 2. The second-order valence-electron chi connectivity index (χ2n) is 7.92. The second kappa shape index (κ2) is 10.9. The van der Waals surface area contributed by atoms with Gasteiger partial charge >= 0.3 is 5.97 Å². The molecule has 33 heavy (non-hydrogen) atoms. The normalized spacial score (nSPS) is 12.0. The van der Waals surface area contributed by atoms with E-state index in [2.05, 4.69) is 88.5 Å². The molecule has 0 aliphatic rings. The number of halogens is 1. The third-order valence-electron chi connectivity index (χ3n) is 5.86. The number of benzene rings is 3. The van der Waals surface area contributed by atoms with Crippen LogP contribution in [0.2, 0.25) is 0 Å². The van der Waals surface area contributed by atoms with Crippen LogP contribution in [0.25, 0.3) is 0 Å². The topological polar surface area (TPSA) is 81.1 Å². The molecule has 170 valence electrons. The Bertz CT molecular complexity index is 1050. The standard InChI is InChI=1S/C27H27N3O2.ClH/c28-25(26(31)32)18-10-17-24-19-30(20-29-24)27(21-11-4-1-5-12-21,22-13-6-2-7-14-22)23-15-8-3-9-16-23;/h1-9,11-16,19-20,25H,10,17-18,28H2,(H,31,32);1H. The number of nitrogens with two attached hydrogens (primary N) is 1. The van der Waals surface area contributed by atoms with E-state index in [0.717, 1.165) is 22.4 Å². The van der Waals surface area contributed by atoms with Crippen LogP contribution in [0.5, 0.6) is 0 Å². The van der Waals surface area contributed by atoms with Gasteiger partial charge in [-0.1, -0.05) is 91.0 Å². The van der Waals surface area contributed by atoms with E-state index in [1.165, 1.54) is 0 Å². The quantitative estimate of drug-likeness (QED) is 0.348. The average Bonchev–Trinajstić information content (AvgIpc) is 3.30. The minimum absolute atomic E-state index is 0. The van der Waals surface area contributed by atoms with Gasteiger partial charge < -0.3 is 15.4 Å². The number of aryl methyl sites for hydroxylation is 1. The lowest BCUT2D eigenvalue weighted by Crippen LogP contribution is -2.36. The third-order valence-corrected chi connectivity index (χ3v) is 5.86. The molecule has 0 fully saturated rings. The zero-order chi connectivity index (χ0) is 22.4. The van der Waals surface area contributed by atoms with Crippen molar-refractivity contribution in [3.05, 3.63) is 126 Å². The minimum atomic E-state index is -0.966. The molecule has 5 nitrogen and oxygen atoms in total. The van der Waals surface area contributed by atoms with Crippen LogP contribution in [0.1, 0.15) is 35.2 Å². The highest BCUT2D eigenvalue weighted by molar-refractivity contribution is 5.85. The summed E-state index contributed by atoms with van der Waals surface area (Å²) in [6, 6.07) is 30.4. The van der Waals surface area contributed by atoms with Crippen LogP contribution in [0.4, 0.5) is 0 Å². The van der Waals surface area contributed by atoms with Crippen molar-refractivity contribution in [3.63, 3.8) is 0 Å². The summed E-state index contributed by atoms with van der Waals surface area (Å²) in [5.41, 5.74) is 9.38. The van der Waals surface area contributed by atoms with Crippen LogP contribution in [-0.2, 0) is 16.8 Å². The van der Waals surface area contributed by atoms with E-state index < -0.39 is 17.6 Å². The molecule has 4 rings (SSSR count). The summed E-state index contributed by atoms with van der Waals surface area (Å²) in [6.45, 7) is 0. The lowest BCUT2D eigenvalue weighted by molar-refractivity contribution is -0.138. The zero-order valence-corrected chi connectivity index (χ0v) is 19.1. The summed E-state index contributed by atoms with van der Waals surface area (Å²) in [7, 11) is 0. The van der Waals surface area contributed by atoms with Crippen LogP contribution >= 0.6 is 12.4 Å². The molecule has 0 saturated heterocycles. The number of carboxylic acid groups (broad SMARTS) is 1. The molecule has 0 aliphatic heterocycles. The fourth-order valence-corrected chi connectivity index (χ4v) is 4.29. The molecule has 1 atom stereocenters. The maximum absolute atomic E-state index is 11.0. The fourth-order valence-electron chi connectivity index (χ4n) is 4.29. The molecule has 4 aromatic rings. The van der Waals surface area contributed by atoms with Gasteiger partial charge in [0.25, 0.3) is 0 Å². The first-order chi connectivity index (χ1) is 15.6. The van der Waals surface area contributed by atoms with Crippen LogP contribution < -0.4 is 5.73 Å². The molecule has 1 unspecified atom stereocenters. The number of rotatable bonds is 9. The lowest BCUT2D eigenvalue weighted by Gasteiger charge is -2.37. The van der Waals surface area contributed by atoms with Crippen molar-refractivity contribution >= 4 is 18.4 Å². The average molecular weight is 462 g/mol. The molecular formula is C27H28ClN3O2. The Morgan fingerprint density at radius 1 is 0.879 bits per heavy atom. The van der Waals surface area contributed by atoms with Crippen molar-refractivity contribution in [1.29, 1.82) is 0 Å². The molecule has 0 saturated carbocycles. The van der Waals surface area contributed by atoms with Crippen molar-refractivity contribution in [1.82, 2.24) is 9.55 Å². The Hall–Kier alpha value is -3.41. The van der Waals surface area contributed by atoms with E-state index in [1.807, 2.05) is 24.5 Å². The highest BCUT2D eigenvalue weighted by atomic mass is 35.5. The van der Waals surface area contributed by atoms with Crippen molar-refractivity contribution in [2.45, 2.75) is 30.8 Å². The van der Waals surface area contributed by atoms with E-state index in [-0.39, 0.29) is 12.4 Å². The molecule has 3 N–H and O–H groups in total. The number of carboxylic acids is 1. The molecule has 0 aliphatic carbocycles. The fraction of sp³-hybridized carbons (Fsp3) is 0.185. The highest BCUT2D eigenvalue weighted by Gasteiger charge is 2.38. The van der Waals surface area contributed by atoms with Crippen molar-refractivity contribution < 1.29 is 9.90 Å². The number of carbonyl (C=O) groups is 1. The first-order valence-corrected chi connectivity index (χ1v) is 10.8. The monoisotopic (exact) mass is 461 g/mol. The van der Waals surface area contributed by atoms with Crippen LogP contribution in [-0.4, -0.2) is 26.7 Å². The Labute approximate surface area is 200 Å². The summed E-state index contributed by atoms with van der Waals surface area (Å²) in [4.78, 5) is 15.7. The molecule has 6 heteroatoms.